The number of nitrogens with zero attached hydrogens (tertiary/aromatic N) is 1. The van der Waals surface area contributed by atoms with Crippen molar-refractivity contribution >= 4 is 23.5 Å². The Hall–Kier alpha value is -3.00. The number of allylic oxidation sites excluding steroid dienone is 1. The predicted octanol–water partition coefficient (Wildman–Crippen LogP) is 4.73. The molecule has 0 bridgehead atoms. The number of amides is 2. The van der Waals surface area contributed by atoms with Crippen LogP contribution in [0.25, 0.3) is 11.6 Å². The molecule has 39 heavy (non-hydrogen) atoms. The van der Waals surface area contributed by atoms with Crippen LogP contribution in [0.3, 0.4) is 0 Å². The average molecular weight is 532 g/mol. The maximum Gasteiger partial charge on any atom is 0.234 e. The number of imide groups is 1. The molecule has 2 aromatic rings. The Morgan fingerprint density at radius 2 is 1.74 bits per heavy atom. The highest BCUT2D eigenvalue weighted by Crippen LogP contribution is 2.50. The Balaban J connectivity index is 1.24. The van der Waals surface area contributed by atoms with Gasteiger partial charge in [-0.25, -0.2) is 0 Å². The van der Waals surface area contributed by atoms with E-state index < -0.39 is 0 Å². The van der Waals surface area contributed by atoms with Gasteiger partial charge in [0.2, 0.25) is 11.8 Å². The van der Waals surface area contributed by atoms with Crippen LogP contribution in [0, 0.1) is 17.8 Å². The van der Waals surface area contributed by atoms with Gasteiger partial charge in [0.15, 0.2) is 0 Å². The Kier molecular flexibility index (Phi) is 7.56. The van der Waals surface area contributed by atoms with Crippen LogP contribution < -0.4 is 0 Å². The topological polar surface area (TPSA) is 100 Å². The number of hydrogen-bond acceptors (Lipinski definition) is 6. The van der Waals surface area contributed by atoms with Crippen molar-refractivity contribution < 1.29 is 29.0 Å². The predicted molar refractivity (Wildman–Crippen MR) is 146 cm³/mol. The number of benzene rings is 1. The highest BCUT2D eigenvalue weighted by Gasteiger charge is 2.58. The first-order valence-electron chi connectivity index (χ1n) is 14.4. The number of carbonyl (C=O) groups excluding carboxylic acids is 2. The van der Waals surface area contributed by atoms with Gasteiger partial charge >= 0.3 is 0 Å². The molecular formula is C32H37NO6. The third-order valence-corrected chi connectivity index (χ3v) is 9.15. The lowest BCUT2D eigenvalue weighted by molar-refractivity contribution is -0.143. The molecule has 3 heterocycles. The molecule has 2 N–H and O–H groups in total. The highest BCUT2D eigenvalue weighted by atomic mass is 16.5. The molecule has 7 heteroatoms. The first kappa shape index (κ1) is 26.2. The minimum absolute atomic E-state index is 0.0232. The minimum Gasteiger partial charge on any atom is -0.459 e. The molecule has 206 valence electrons. The molecule has 1 saturated carbocycles. The van der Waals surface area contributed by atoms with Gasteiger partial charge in [0, 0.05) is 12.0 Å². The summed E-state index contributed by atoms with van der Waals surface area (Å²) in [6.45, 7) is 0.146. The van der Waals surface area contributed by atoms with Crippen LogP contribution in [0.2, 0.25) is 0 Å². The summed E-state index contributed by atoms with van der Waals surface area (Å²) in [5, 5.41) is 19.7. The van der Waals surface area contributed by atoms with Crippen LogP contribution in [-0.4, -0.2) is 52.3 Å². The van der Waals surface area contributed by atoms with Gasteiger partial charge in [-0.3, -0.25) is 14.5 Å². The number of ether oxygens (including phenoxy) is 1. The number of likely N-dealkylation sites (tertiary alicyclic amines) is 1. The molecule has 0 unspecified atom stereocenters. The molecule has 0 spiro atoms. The van der Waals surface area contributed by atoms with Crippen molar-refractivity contribution in [2.24, 2.45) is 17.8 Å². The second-order valence-electron chi connectivity index (χ2n) is 11.4. The summed E-state index contributed by atoms with van der Waals surface area (Å²) in [6, 6.07) is 13.8. The van der Waals surface area contributed by atoms with Crippen molar-refractivity contribution in [3.63, 3.8) is 0 Å². The van der Waals surface area contributed by atoms with Crippen molar-refractivity contribution in [2.45, 2.75) is 70.1 Å². The van der Waals surface area contributed by atoms with Gasteiger partial charge in [-0.1, -0.05) is 49.6 Å². The Morgan fingerprint density at radius 1 is 0.949 bits per heavy atom. The lowest BCUT2D eigenvalue weighted by Crippen LogP contribution is -2.42. The minimum atomic E-state index is -0.378. The van der Waals surface area contributed by atoms with Crippen molar-refractivity contribution in [3.8, 4) is 0 Å². The zero-order valence-electron chi connectivity index (χ0n) is 22.3. The summed E-state index contributed by atoms with van der Waals surface area (Å²) in [5.41, 5.74) is 4.07. The van der Waals surface area contributed by atoms with E-state index in [0.717, 1.165) is 48.0 Å². The summed E-state index contributed by atoms with van der Waals surface area (Å²) in [4.78, 5) is 28.8. The second-order valence-corrected chi connectivity index (χ2v) is 11.4. The number of aliphatic hydroxyl groups excluding tert-OH is 2. The Morgan fingerprint density at radius 3 is 2.46 bits per heavy atom. The Bertz CT molecular complexity index is 1270. The monoisotopic (exact) mass is 531 g/mol. The average Bonchev–Trinajstić information content (AvgIpc) is 3.68. The lowest BCUT2D eigenvalue weighted by atomic mass is 9.69. The number of aliphatic hydroxyl groups is 2. The normalized spacial score (nSPS) is 27.8. The van der Waals surface area contributed by atoms with Crippen LogP contribution in [-0.2, 0) is 20.9 Å². The van der Waals surface area contributed by atoms with E-state index in [1.165, 1.54) is 6.42 Å². The Labute approximate surface area is 229 Å². The van der Waals surface area contributed by atoms with Gasteiger partial charge in [-0.05, 0) is 72.6 Å². The van der Waals surface area contributed by atoms with Crippen LogP contribution in [0.5, 0.6) is 0 Å². The zero-order chi connectivity index (χ0) is 26.9. The number of fused-ring (bicyclic) bond motifs is 3. The van der Waals surface area contributed by atoms with Gasteiger partial charge in [-0.2, -0.15) is 0 Å². The molecule has 0 radical (unpaired) electrons. The summed E-state index contributed by atoms with van der Waals surface area (Å²) in [5.74, 6) is 0.224. The number of rotatable bonds is 8. The van der Waals surface area contributed by atoms with Crippen LogP contribution >= 0.6 is 0 Å². The first-order valence-corrected chi connectivity index (χ1v) is 14.4. The van der Waals surface area contributed by atoms with E-state index in [2.05, 4.69) is 12.1 Å². The van der Waals surface area contributed by atoms with Gasteiger partial charge in [-0.15, -0.1) is 0 Å². The molecule has 2 aliphatic heterocycles. The molecule has 4 aliphatic rings. The zero-order valence-corrected chi connectivity index (χ0v) is 22.3. The molecule has 1 aromatic heterocycles. The summed E-state index contributed by atoms with van der Waals surface area (Å²) < 4.78 is 12.1. The molecule has 3 fully saturated rings. The molecule has 2 saturated heterocycles. The molecule has 2 amide bonds. The SMILES string of the molecule is O=C1[C@@H]2[C@@H](CC(CO)=C3[C@@H](CC/C(=C/c4ccc(CO)o4)c4ccccc4)OC[C@@H]32)C(=O)N1C1CCCCC1. The summed E-state index contributed by atoms with van der Waals surface area (Å²) in [7, 11) is 0. The van der Waals surface area contributed by atoms with Gasteiger partial charge in [0.1, 0.15) is 18.1 Å². The fraction of sp³-hybridized carbons (Fsp3) is 0.500. The van der Waals surface area contributed by atoms with Crippen LogP contribution in [0.1, 0.15) is 68.5 Å². The van der Waals surface area contributed by atoms with E-state index in [1.807, 2.05) is 30.3 Å². The highest BCUT2D eigenvalue weighted by molar-refractivity contribution is 6.06. The number of furan rings is 1. The van der Waals surface area contributed by atoms with Crippen molar-refractivity contribution in [3.05, 3.63) is 70.7 Å². The largest absolute Gasteiger partial charge is 0.459 e. The fourth-order valence-electron chi connectivity index (χ4n) is 7.31. The van der Waals surface area contributed by atoms with E-state index in [0.29, 0.717) is 37.4 Å². The smallest absolute Gasteiger partial charge is 0.234 e. The fourth-order valence-corrected chi connectivity index (χ4v) is 7.31. The van der Waals surface area contributed by atoms with Crippen molar-refractivity contribution in [1.29, 1.82) is 0 Å². The van der Waals surface area contributed by atoms with E-state index in [-0.39, 0.29) is 54.9 Å². The van der Waals surface area contributed by atoms with E-state index >= 15 is 0 Å². The molecule has 7 nitrogen and oxygen atoms in total. The number of carbonyl (C=O) groups is 2. The maximum absolute atomic E-state index is 13.7. The molecular weight excluding hydrogens is 494 g/mol. The lowest BCUT2D eigenvalue weighted by Gasteiger charge is -2.31. The van der Waals surface area contributed by atoms with Crippen LogP contribution in [0.15, 0.2) is 58.0 Å². The third-order valence-electron chi connectivity index (χ3n) is 9.15. The molecule has 6 rings (SSSR count). The number of hydrogen-bond donors (Lipinski definition) is 2. The van der Waals surface area contributed by atoms with Crippen molar-refractivity contribution in [1.82, 2.24) is 4.90 Å². The second kappa shape index (κ2) is 11.2. The van der Waals surface area contributed by atoms with Gasteiger partial charge in [0.05, 0.1) is 31.2 Å². The summed E-state index contributed by atoms with van der Waals surface area (Å²) >= 11 is 0. The van der Waals surface area contributed by atoms with E-state index in [1.54, 1.807) is 11.0 Å². The molecule has 4 atom stereocenters. The van der Waals surface area contributed by atoms with E-state index in [4.69, 9.17) is 9.15 Å². The standard InChI is InChI=1S/C32H37NO6/c34-17-22-16-26-30(32(37)33(31(26)36)23-9-5-2-6-10-23)27-19-38-28(29(22)27)14-11-21(20-7-3-1-4-8-20)15-24-12-13-25(18-35)39-24/h1,3-4,7-8,12-13,15,23,26-28,30,34-35H,2,5-6,9-11,14,16-19H2/b21-15-/t26-,27+,28-,30-/m1/s1. The quantitative estimate of drug-likeness (QED) is 0.377. The molecule has 2 aliphatic carbocycles. The third kappa shape index (κ3) is 4.92. The summed E-state index contributed by atoms with van der Waals surface area (Å²) in [6.07, 6.45) is 8.72. The van der Waals surface area contributed by atoms with Crippen LogP contribution in [0.4, 0.5) is 0 Å². The van der Waals surface area contributed by atoms with E-state index in [9.17, 15) is 19.8 Å². The van der Waals surface area contributed by atoms with Crippen molar-refractivity contribution in [2.75, 3.05) is 13.2 Å². The molecule has 1 aromatic carbocycles. The first-order chi connectivity index (χ1) is 19.1. The van der Waals surface area contributed by atoms with Gasteiger partial charge < -0.3 is 19.4 Å². The van der Waals surface area contributed by atoms with Gasteiger partial charge in [0.25, 0.3) is 0 Å². The maximum atomic E-state index is 13.7.